The van der Waals surface area contributed by atoms with Crippen LogP contribution in [0.15, 0.2) is 18.2 Å². The lowest BCUT2D eigenvalue weighted by atomic mass is 9.94. The lowest BCUT2D eigenvalue weighted by Crippen LogP contribution is -2.34. The molecule has 2 rings (SSSR count). The Morgan fingerprint density at radius 2 is 2.08 bits per heavy atom. The third kappa shape index (κ3) is 4.40. The van der Waals surface area contributed by atoms with E-state index in [0.29, 0.717) is 11.8 Å². The number of benzene rings is 1. The van der Waals surface area contributed by atoms with Crippen LogP contribution in [0, 0.1) is 11.7 Å². The van der Waals surface area contributed by atoms with Gasteiger partial charge in [0.15, 0.2) is 0 Å². The fraction of sp³-hybridized carbons (Fsp3) is 0.500. The maximum absolute atomic E-state index is 14.4. The zero-order chi connectivity index (χ0) is 17.5. The predicted molar refractivity (Wildman–Crippen MR) is 89.5 cm³/mol. The molecule has 1 saturated heterocycles. The van der Waals surface area contributed by atoms with E-state index in [1.165, 1.54) is 13.1 Å². The Morgan fingerprint density at radius 3 is 2.62 bits per heavy atom. The van der Waals surface area contributed by atoms with Crippen molar-refractivity contribution in [3.8, 4) is 0 Å². The van der Waals surface area contributed by atoms with Crippen LogP contribution < -0.4 is 10.2 Å². The van der Waals surface area contributed by atoms with Gasteiger partial charge in [0.2, 0.25) is 5.91 Å². The Kier molecular flexibility index (Phi) is 6.46. The van der Waals surface area contributed by atoms with E-state index in [4.69, 9.17) is 0 Å². The van der Waals surface area contributed by atoms with E-state index in [9.17, 15) is 18.8 Å². The van der Waals surface area contributed by atoms with E-state index in [2.05, 4.69) is 5.32 Å². The summed E-state index contributed by atoms with van der Waals surface area (Å²) >= 11 is 0. The number of carbonyl (C=O) groups excluding carboxylic acids is 3. The highest BCUT2D eigenvalue weighted by Crippen LogP contribution is 2.28. The number of hydrogen-bond acceptors (Lipinski definition) is 4. The predicted octanol–water partition coefficient (Wildman–Crippen LogP) is 2.05. The van der Waals surface area contributed by atoms with E-state index in [1.54, 1.807) is 12.1 Å². The molecule has 5 nitrogen and oxygen atoms in total. The summed E-state index contributed by atoms with van der Waals surface area (Å²) in [6.45, 7) is 1.44. The van der Waals surface area contributed by atoms with E-state index in [0.717, 1.165) is 37.9 Å². The van der Waals surface area contributed by atoms with Gasteiger partial charge < -0.3 is 19.8 Å². The van der Waals surface area contributed by atoms with E-state index in [1.807, 2.05) is 4.90 Å². The van der Waals surface area contributed by atoms with Crippen LogP contribution in [0.25, 0.3) is 0 Å². The first-order valence-corrected chi connectivity index (χ1v) is 8.24. The van der Waals surface area contributed by atoms with E-state index >= 15 is 0 Å². The minimum absolute atomic E-state index is 0.0922. The van der Waals surface area contributed by atoms with Crippen molar-refractivity contribution in [2.75, 3.05) is 25.0 Å². The number of rotatable bonds is 7. The number of aldehydes is 2. The highest BCUT2D eigenvalue weighted by Gasteiger charge is 2.21. The second kappa shape index (κ2) is 8.57. The molecule has 0 aromatic heterocycles. The standard InChI is InChI=1S/C18H23FN2O3/c1-20-18(24)5-2-14(12-23)16-4-3-15(10-17(16)19)21-8-6-13(11-22)7-9-21/h3-4,10-14H,2,5-9H2,1H3,(H,20,24). The minimum atomic E-state index is -0.628. The average Bonchev–Trinajstić information content (AvgIpc) is 2.63. The summed E-state index contributed by atoms with van der Waals surface area (Å²) in [5, 5.41) is 2.49. The number of hydrogen-bond donors (Lipinski definition) is 1. The van der Waals surface area contributed by atoms with Gasteiger partial charge in [0.1, 0.15) is 18.4 Å². The van der Waals surface area contributed by atoms with Gasteiger partial charge in [0, 0.05) is 44.1 Å². The molecule has 0 aliphatic carbocycles. The third-order valence-corrected chi connectivity index (χ3v) is 4.61. The topological polar surface area (TPSA) is 66.5 Å². The normalized spacial score (nSPS) is 16.5. The summed E-state index contributed by atoms with van der Waals surface area (Å²) in [6.07, 6.45) is 3.69. The summed E-state index contributed by atoms with van der Waals surface area (Å²) in [7, 11) is 1.53. The molecule has 1 atom stereocenters. The molecule has 1 amide bonds. The SMILES string of the molecule is CNC(=O)CCC(C=O)c1ccc(N2CCC(C=O)CC2)cc1F. The molecule has 1 unspecified atom stereocenters. The van der Waals surface area contributed by atoms with Crippen LogP contribution in [0.2, 0.25) is 0 Å². The summed E-state index contributed by atoms with van der Waals surface area (Å²) in [6, 6.07) is 4.86. The van der Waals surface area contributed by atoms with Gasteiger partial charge in [-0.1, -0.05) is 6.07 Å². The quantitative estimate of drug-likeness (QED) is 0.775. The largest absolute Gasteiger partial charge is 0.371 e. The van der Waals surface area contributed by atoms with Crippen molar-refractivity contribution >= 4 is 24.2 Å². The number of nitrogens with one attached hydrogen (secondary N) is 1. The molecular formula is C18H23FN2O3. The summed E-state index contributed by atoms with van der Waals surface area (Å²) in [5.74, 6) is -1.14. The molecule has 1 aliphatic rings. The van der Waals surface area contributed by atoms with Crippen LogP contribution in [0.5, 0.6) is 0 Å². The zero-order valence-corrected chi connectivity index (χ0v) is 13.8. The number of amides is 1. The molecule has 1 aliphatic heterocycles. The number of nitrogens with zero attached hydrogens (tertiary/aromatic N) is 1. The minimum Gasteiger partial charge on any atom is -0.371 e. The Balaban J connectivity index is 2.06. The number of carbonyl (C=O) groups is 3. The summed E-state index contributed by atoms with van der Waals surface area (Å²) in [4.78, 5) is 35.4. The van der Waals surface area contributed by atoms with Crippen molar-refractivity contribution in [2.45, 2.75) is 31.6 Å². The van der Waals surface area contributed by atoms with Gasteiger partial charge in [-0.2, -0.15) is 0 Å². The highest BCUT2D eigenvalue weighted by atomic mass is 19.1. The van der Waals surface area contributed by atoms with Crippen LogP contribution in [-0.4, -0.2) is 38.6 Å². The van der Waals surface area contributed by atoms with Gasteiger partial charge in [-0.05, 0) is 37.0 Å². The maximum atomic E-state index is 14.4. The van der Waals surface area contributed by atoms with E-state index in [-0.39, 0.29) is 24.7 Å². The molecule has 1 fully saturated rings. The van der Waals surface area contributed by atoms with Crippen molar-refractivity contribution in [2.24, 2.45) is 5.92 Å². The first-order chi connectivity index (χ1) is 11.6. The number of piperidine rings is 1. The number of anilines is 1. The average molecular weight is 334 g/mol. The second-order valence-electron chi connectivity index (χ2n) is 6.12. The maximum Gasteiger partial charge on any atom is 0.219 e. The molecule has 1 N–H and O–H groups in total. The van der Waals surface area contributed by atoms with Gasteiger partial charge in [-0.3, -0.25) is 4.79 Å². The molecule has 0 radical (unpaired) electrons. The van der Waals surface area contributed by atoms with Crippen LogP contribution in [-0.2, 0) is 14.4 Å². The fourth-order valence-corrected chi connectivity index (χ4v) is 3.02. The first kappa shape index (κ1) is 18.1. The number of halogens is 1. The molecule has 1 aromatic carbocycles. The zero-order valence-electron chi connectivity index (χ0n) is 13.8. The molecule has 24 heavy (non-hydrogen) atoms. The van der Waals surface area contributed by atoms with Crippen LogP contribution >= 0.6 is 0 Å². The van der Waals surface area contributed by atoms with Gasteiger partial charge >= 0.3 is 0 Å². The van der Waals surface area contributed by atoms with Crippen molar-refractivity contribution < 1.29 is 18.8 Å². The monoisotopic (exact) mass is 334 g/mol. The third-order valence-electron chi connectivity index (χ3n) is 4.61. The summed E-state index contributed by atoms with van der Waals surface area (Å²) < 4.78 is 14.4. The fourth-order valence-electron chi connectivity index (χ4n) is 3.02. The lowest BCUT2D eigenvalue weighted by Gasteiger charge is -2.31. The molecule has 130 valence electrons. The molecular weight excluding hydrogens is 311 g/mol. The first-order valence-electron chi connectivity index (χ1n) is 8.24. The van der Waals surface area contributed by atoms with Crippen molar-refractivity contribution in [1.82, 2.24) is 5.32 Å². The van der Waals surface area contributed by atoms with Gasteiger partial charge in [-0.25, -0.2) is 4.39 Å². The highest BCUT2D eigenvalue weighted by molar-refractivity contribution is 5.76. The molecule has 0 saturated carbocycles. The molecule has 1 aromatic rings. The Bertz CT molecular complexity index is 598. The van der Waals surface area contributed by atoms with Gasteiger partial charge in [0.05, 0.1) is 0 Å². The second-order valence-corrected chi connectivity index (χ2v) is 6.12. The van der Waals surface area contributed by atoms with Crippen molar-refractivity contribution in [3.05, 3.63) is 29.6 Å². The Hall–Kier alpha value is -2.24. The lowest BCUT2D eigenvalue weighted by molar-refractivity contribution is -0.120. The summed E-state index contributed by atoms with van der Waals surface area (Å²) in [5.41, 5.74) is 1.08. The molecule has 0 spiro atoms. The Labute approximate surface area is 141 Å². The van der Waals surface area contributed by atoms with Gasteiger partial charge in [0.25, 0.3) is 0 Å². The van der Waals surface area contributed by atoms with E-state index < -0.39 is 11.7 Å². The molecule has 1 heterocycles. The molecule has 6 heteroatoms. The van der Waals surface area contributed by atoms with Crippen LogP contribution in [0.3, 0.4) is 0 Å². The Morgan fingerprint density at radius 1 is 1.38 bits per heavy atom. The van der Waals surface area contributed by atoms with Crippen LogP contribution in [0.4, 0.5) is 10.1 Å². The van der Waals surface area contributed by atoms with Gasteiger partial charge in [-0.15, -0.1) is 0 Å². The molecule has 0 bridgehead atoms. The smallest absolute Gasteiger partial charge is 0.219 e. The van der Waals surface area contributed by atoms with Crippen molar-refractivity contribution in [1.29, 1.82) is 0 Å². The van der Waals surface area contributed by atoms with Crippen molar-refractivity contribution in [3.63, 3.8) is 0 Å². The van der Waals surface area contributed by atoms with Crippen LogP contribution in [0.1, 0.15) is 37.2 Å².